The van der Waals surface area contributed by atoms with E-state index in [2.05, 4.69) is 5.32 Å². The Kier molecular flexibility index (Phi) is 7.64. The molecule has 0 fully saturated rings. The topological polar surface area (TPSA) is 73.9 Å². The number of amides is 1. The molecular formula is C20H23NO5. The number of esters is 1. The van der Waals surface area contributed by atoms with Crippen LogP contribution in [0.15, 0.2) is 54.6 Å². The van der Waals surface area contributed by atoms with Gasteiger partial charge in [0.2, 0.25) is 5.91 Å². The third-order valence-electron chi connectivity index (χ3n) is 3.68. The van der Waals surface area contributed by atoms with Gasteiger partial charge in [-0.3, -0.25) is 4.79 Å². The molecule has 1 N–H and O–H groups in total. The van der Waals surface area contributed by atoms with Crippen molar-refractivity contribution in [1.29, 1.82) is 0 Å². The first-order valence-electron chi connectivity index (χ1n) is 8.24. The van der Waals surface area contributed by atoms with Gasteiger partial charge in [0, 0.05) is 13.5 Å². The van der Waals surface area contributed by atoms with Crippen molar-refractivity contribution in [2.45, 2.75) is 19.1 Å². The van der Waals surface area contributed by atoms with Crippen LogP contribution in [0.1, 0.15) is 11.1 Å². The Labute approximate surface area is 153 Å². The van der Waals surface area contributed by atoms with Crippen LogP contribution < -0.4 is 10.1 Å². The quantitative estimate of drug-likeness (QED) is 0.696. The molecule has 0 bridgehead atoms. The van der Waals surface area contributed by atoms with Crippen LogP contribution in [-0.4, -0.2) is 38.7 Å². The molecule has 0 saturated heterocycles. The Morgan fingerprint density at radius 3 is 2.42 bits per heavy atom. The molecule has 0 aromatic heterocycles. The Hall–Kier alpha value is -2.86. The van der Waals surface area contributed by atoms with Crippen LogP contribution in [0.25, 0.3) is 0 Å². The average molecular weight is 357 g/mol. The predicted octanol–water partition coefficient (Wildman–Crippen LogP) is 2.11. The van der Waals surface area contributed by atoms with Gasteiger partial charge < -0.3 is 19.5 Å². The van der Waals surface area contributed by atoms with Gasteiger partial charge in [0.1, 0.15) is 25.0 Å². The van der Waals surface area contributed by atoms with Gasteiger partial charge >= 0.3 is 5.97 Å². The second kappa shape index (κ2) is 10.2. The number of rotatable bonds is 9. The summed E-state index contributed by atoms with van der Waals surface area (Å²) in [7, 11) is 2.71. The summed E-state index contributed by atoms with van der Waals surface area (Å²) in [5.74, 6) is -0.192. The molecule has 6 nitrogen and oxygen atoms in total. The van der Waals surface area contributed by atoms with Crippen LogP contribution in [0.5, 0.6) is 5.75 Å². The molecule has 2 aromatic rings. The van der Waals surface area contributed by atoms with E-state index in [0.717, 1.165) is 11.1 Å². The second-order valence-corrected chi connectivity index (χ2v) is 5.70. The summed E-state index contributed by atoms with van der Waals surface area (Å²) in [6, 6.07) is 16.5. The van der Waals surface area contributed by atoms with Crippen molar-refractivity contribution in [2.75, 3.05) is 20.8 Å². The van der Waals surface area contributed by atoms with Gasteiger partial charge in [-0.25, -0.2) is 4.79 Å². The maximum Gasteiger partial charge on any atom is 0.328 e. The van der Waals surface area contributed by atoms with Crippen LogP contribution in [0.4, 0.5) is 0 Å². The summed E-state index contributed by atoms with van der Waals surface area (Å²) >= 11 is 0. The van der Waals surface area contributed by atoms with Crippen molar-refractivity contribution in [3.63, 3.8) is 0 Å². The molecule has 1 atom stereocenters. The Morgan fingerprint density at radius 1 is 1.00 bits per heavy atom. The van der Waals surface area contributed by atoms with Gasteiger partial charge in [0.15, 0.2) is 0 Å². The summed E-state index contributed by atoms with van der Waals surface area (Å²) in [5, 5.41) is 2.62. The highest BCUT2D eigenvalue weighted by atomic mass is 16.5. The van der Waals surface area contributed by atoms with Crippen molar-refractivity contribution in [1.82, 2.24) is 5.32 Å². The number of benzene rings is 2. The molecule has 26 heavy (non-hydrogen) atoms. The molecule has 0 unspecified atom stereocenters. The minimum Gasteiger partial charge on any atom is -0.489 e. The van der Waals surface area contributed by atoms with Crippen molar-refractivity contribution < 1.29 is 23.8 Å². The second-order valence-electron chi connectivity index (χ2n) is 5.70. The number of carbonyl (C=O) groups is 2. The van der Waals surface area contributed by atoms with E-state index in [1.807, 2.05) is 54.6 Å². The standard InChI is InChI=1S/C20H23NO5/c1-24-14-19(22)21-18(20(23)25-2)12-16-9-6-10-17(11-16)26-13-15-7-4-3-5-8-15/h3-11,18H,12-14H2,1-2H3,(H,21,22)/t18-/m0/s1. The van der Waals surface area contributed by atoms with E-state index < -0.39 is 12.0 Å². The number of nitrogens with one attached hydrogen (secondary N) is 1. The van der Waals surface area contributed by atoms with E-state index in [1.54, 1.807) is 0 Å². The van der Waals surface area contributed by atoms with E-state index >= 15 is 0 Å². The SMILES string of the molecule is COCC(=O)N[C@@H](Cc1cccc(OCc2ccccc2)c1)C(=O)OC. The zero-order valence-electron chi connectivity index (χ0n) is 14.9. The van der Waals surface area contributed by atoms with Crippen LogP contribution in [0.2, 0.25) is 0 Å². The van der Waals surface area contributed by atoms with E-state index in [9.17, 15) is 9.59 Å². The van der Waals surface area contributed by atoms with E-state index in [4.69, 9.17) is 14.2 Å². The van der Waals surface area contributed by atoms with Gasteiger partial charge in [-0.1, -0.05) is 42.5 Å². The fourth-order valence-corrected chi connectivity index (χ4v) is 2.44. The highest BCUT2D eigenvalue weighted by Gasteiger charge is 2.22. The first-order valence-corrected chi connectivity index (χ1v) is 8.24. The van der Waals surface area contributed by atoms with Crippen LogP contribution in [0, 0.1) is 0 Å². The van der Waals surface area contributed by atoms with Gasteiger partial charge in [0.05, 0.1) is 7.11 Å². The lowest BCUT2D eigenvalue weighted by Gasteiger charge is -2.17. The van der Waals surface area contributed by atoms with E-state index in [0.29, 0.717) is 18.8 Å². The lowest BCUT2D eigenvalue weighted by molar-refractivity contribution is -0.145. The molecule has 2 rings (SSSR count). The molecule has 138 valence electrons. The summed E-state index contributed by atoms with van der Waals surface area (Å²) in [5.41, 5.74) is 1.92. The smallest absolute Gasteiger partial charge is 0.328 e. The predicted molar refractivity (Wildman–Crippen MR) is 96.7 cm³/mol. The Bertz CT molecular complexity index is 717. The highest BCUT2D eigenvalue weighted by Crippen LogP contribution is 2.17. The minimum atomic E-state index is -0.785. The third-order valence-corrected chi connectivity index (χ3v) is 3.68. The van der Waals surface area contributed by atoms with Crippen molar-refractivity contribution >= 4 is 11.9 Å². The number of hydrogen-bond donors (Lipinski definition) is 1. The van der Waals surface area contributed by atoms with Gasteiger partial charge in [-0.05, 0) is 23.3 Å². The number of ether oxygens (including phenoxy) is 3. The normalized spacial score (nSPS) is 11.5. The molecule has 0 heterocycles. The van der Waals surface area contributed by atoms with E-state index in [-0.39, 0.29) is 12.5 Å². The monoisotopic (exact) mass is 357 g/mol. The summed E-state index contributed by atoms with van der Waals surface area (Å²) < 4.78 is 15.3. The molecule has 0 aliphatic heterocycles. The average Bonchev–Trinajstić information content (AvgIpc) is 2.66. The first-order chi connectivity index (χ1) is 12.6. The van der Waals surface area contributed by atoms with Gasteiger partial charge in [0.25, 0.3) is 0 Å². The molecule has 6 heteroatoms. The molecule has 0 spiro atoms. The maximum atomic E-state index is 11.9. The summed E-state index contributed by atoms with van der Waals surface area (Å²) in [4.78, 5) is 23.7. The minimum absolute atomic E-state index is 0.117. The highest BCUT2D eigenvalue weighted by molar-refractivity contribution is 5.85. The fourth-order valence-electron chi connectivity index (χ4n) is 2.44. The number of methoxy groups -OCH3 is 2. The van der Waals surface area contributed by atoms with Crippen LogP contribution in [-0.2, 0) is 32.1 Å². The lowest BCUT2D eigenvalue weighted by Crippen LogP contribution is -2.44. The van der Waals surface area contributed by atoms with Crippen molar-refractivity contribution in [3.05, 3.63) is 65.7 Å². The van der Waals surface area contributed by atoms with Crippen molar-refractivity contribution in [2.24, 2.45) is 0 Å². The molecule has 1 amide bonds. The largest absolute Gasteiger partial charge is 0.489 e. The van der Waals surface area contributed by atoms with Crippen LogP contribution in [0.3, 0.4) is 0 Å². The molecule has 0 saturated carbocycles. The molecule has 0 radical (unpaired) electrons. The number of hydrogen-bond acceptors (Lipinski definition) is 5. The molecular weight excluding hydrogens is 334 g/mol. The summed E-state index contributed by atoms with van der Waals surface area (Å²) in [6.45, 7) is 0.336. The van der Waals surface area contributed by atoms with Gasteiger partial charge in [-0.15, -0.1) is 0 Å². The maximum absolute atomic E-state index is 11.9. The van der Waals surface area contributed by atoms with Crippen LogP contribution >= 0.6 is 0 Å². The first kappa shape index (κ1) is 19.5. The van der Waals surface area contributed by atoms with Gasteiger partial charge in [-0.2, -0.15) is 0 Å². The zero-order valence-corrected chi connectivity index (χ0v) is 14.9. The molecule has 0 aliphatic rings. The molecule has 2 aromatic carbocycles. The zero-order chi connectivity index (χ0) is 18.8. The third kappa shape index (κ3) is 6.22. The fraction of sp³-hybridized carbons (Fsp3) is 0.300. The Balaban J connectivity index is 2.01. The molecule has 0 aliphatic carbocycles. The number of carbonyl (C=O) groups excluding carboxylic acids is 2. The lowest BCUT2D eigenvalue weighted by atomic mass is 10.1. The van der Waals surface area contributed by atoms with E-state index in [1.165, 1.54) is 14.2 Å². The Morgan fingerprint density at radius 2 is 1.73 bits per heavy atom. The summed E-state index contributed by atoms with van der Waals surface area (Å²) in [6.07, 6.45) is 0.296. The van der Waals surface area contributed by atoms with Crippen molar-refractivity contribution in [3.8, 4) is 5.75 Å².